The molecule has 2 aromatic heterocycles. The van der Waals surface area contributed by atoms with Crippen molar-refractivity contribution >= 4 is 11.8 Å². The van der Waals surface area contributed by atoms with Gasteiger partial charge in [-0.15, -0.1) is 0 Å². The monoisotopic (exact) mass is 261 g/mol. The predicted octanol–water partition coefficient (Wildman–Crippen LogP) is 2.56. The summed E-state index contributed by atoms with van der Waals surface area (Å²) in [5.41, 5.74) is 0.665. The molecule has 0 aliphatic heterocycles. The van der Waals surface area contributed by atoms with Gasteiger partial charge in [0.1, 0.15) is 17.6 Å². The molecule has 1 atom stereocenters. The third kappa shape index (κ3) is 2.90. The van der Waals surface area contributed by atoms with Crippen LogP contribution < -0.4 is 5.32 Å². The highest BCUT2D eigenvalue weighted by atomic mass is 16.4. The summed E-state index contributed by atoms with van der Waals surface area (Å²) in [5.74, 6) is 0.923. The largest absolute Gasteiger partial charge is 0.478 e. The van der Waals surface area contributed by atoms with E-state index in [1.54, 1.807) is 19.2 Å². The Labute approximate surface area is 110 Å². The number of aryl methyl sites for hydroxylation is 2. The molecule has 6 nitrogen and oxygen atoms in total. The van der Waals surface area contributed by atoms with E-state index in [0.29, 0.717) is 17.4 Å². The first-order valence-electron chi connectivity index (χ1n) is 5.87. The summed E-state index contributed by atoms with van der Waals surface area (Å²) in [6.45, 7) is 5.38. The molecule has 0 bridgehead atoms. The van der Waals surface area contributed by atoms with Crippen LogP contribution in [0.4, 0.5) is 5.82 Å². The van der Waals surface area contributed by atoms with Gasteiger partial charge in [-0.25, -0.2) is 14.8 Å². The van der Waals surface area contributed by atoms with Gasteiger partial charge in [-0.2, -0.15) is 0 Å². The number of hydrogen-bond donors (Lipinski definition) is 2. The fourth-order valence-corrected chi connectivity index (χ4v) is 1.72. The molecule has 2 heterocycles. The van der Waals surface area contributed by atoms with Crippen molar-refractivity contribution in [3.05, 3.63) is 41.2 Å². The number of pyridine rings is 1. The summed E-state index contributed by atoms with van der Waals surface area (Å²) >= 11 is 0. The summed E-state index contributed by atoms with van der Waals surface area (Å²) in [7, 11) is 0. The van der Waals surface area contributed by atoms with Crippen LogP contribution in [0, 0.1) is 13.8 Å². The van der Waals surface area contributed by atoms with Crippen LogP contribution in [0.25, 0.3) is 0 Å². The summed E-state index contributed by atoms with van der Waals surface area (Å²) in [6.07, 6.45) is 1.65. The van der Waals surface area contributed by atoms with E-state index in [1.807, 2.05) is 13.8 Å². The average Bonchev–Trinajstić information content (AvgIpc) is 2.75. The maximum absolute atomic E-state index is 10.9. The molecule has 0 amide bonds. The lowest BCUT2D eigenvalue weighted by Gasteiger charge is -2.12. The lowest BCUT2D eigenvalue weighted by molar-refractivity contribution is 0.0695. The number of aromatic carboxylic acids is 1. The summed E-state index contributed by atoms with van der Waals surface area (Å²) in [6, 6.07) is 3.01. The molecule has 2 rings (SSSR count). The maximum atomic E-state index is 10.9. The van der Waals surface area contributed by atoms with Gasteiger partial charge in [-0.05, 0) is 32.9 Å². The van der Waals surface area contributed by atoms with E-state index in [-0.39, 0.29) is 11.6 Å². The average molecular weight is 261 g/mol. The Balaban J connectivity index is 2.15. The molecule has 100 valence electrons. The SMILES string of the molecule is Cc1cnc(C(C)Nc2ccc(C(=O)O)c(C)n2)o1. The topological polar surface area (TPSA) is 88.2 Å². The van der Waals surface area contributed by atoms with E-state index in [9.17, 15) is 4.79 Å². The van der Waals surface area contributed by atoms with Crippen LogP contribution in [0.3, 0.4) is 0 Å². The molecular weight excluding hydrogens is 246 g/mol. The normalized spacial score (nSPS) is 12.2. The van der Waals surface area contributed by atoms with Crippen molar-refractivity contribution in [3.8, 4) is 0 Å². The van der Waals surface area contributed by atoms with Crippen molar-refractivity contribution in [2.75, 3.05) is 5.32 Å². The fourth-order valence-electron chi connectivity index (χ4n) is 1.72. The zero-order valence-corrected chi connectivity index (χ0v) is 11.0. The molecule has 0 fully saturated rings. The van der Waals surface area contributed by atoms with Crippen LogP contribution in [0.15, 0.2) is 22.7 Å². The summed E-state index contributed by atoms with van der Waals surface area (Å²) in [5, 5.41) is 12.1. The van der Waals surface area contributed by atoms with Crippen molar-refractivity contribution in [3.63, 3.8) is 0 Å². The van der Waals surface area contributed by atoms with Crippen LogP contribution in [-0.4, -0.2) is 21.0 Å². The van der Waals surface area contributed by atoms with Crippen LogP contribution >= 0.6 is 0 Å². The maximum Gasteiger partial charge on any atom is 0.337 e. The Morgan fingerprint density at radius 1 is 1.42 bits per heavy atom. The minimum Gasteiger partial charge on any atom is -0.478 e. The Bertz CT molecular complexity index is 607. The molecule has 2 N–H and O–H groups in total. The second kappa shape index (κ2) is 5.09. The molecule has 19 heavy (non-hydrogen) atoms. The molecule has 6 heteroatoms. The molecule has 0 aliphatic rings. The fraction of sp³-hybridized carbons (Fsp3) is 0.308. The van der Waals surface area contributed by atoms with Gasteiger partial charge in [-0.3, -0.25) is 0 Å². The minimum absolute atomic E-state index is 0.142. The van der Waals surface area contributed by atoms with Gasteiger partial charge in [-0.1, -0.05) is 0 Å². The van der Waals surface area contributed by atoms with Gasteiger partial charge < -0.3 is 14.8 Å². The highest BCUT2D eigenvalue weighted by Crippen LogP contribution is 2.18. The molecule has 0 aromatic carbocycles. The number of nitrogens with zero attached hydrogens (tertiary/aromatic N) is 2. The van der Waals surface area contributed by atoms with Gasteiger partial charge in [0.2, 0.25) is 5.89 Å². The third-order valence-electron chi connectivity index (χ3n) is 2.69. The Hall–Kier alpha value is -2.37. The molecule has 1 unspecified atom stereocenters. The lowest BCUT2D eigenvalue weighted by atomic mass is 10.2. The van der Waals surface area contributed by atoms with E-state index in [0.717, 1.165) is 5.76 Å². The molecule has 0 radical (unpaired) electrons. The van der Waals surface area contributed by atoms with Crippen molar-refractivity contribution < 1.29 is 14.3 Å². The van der Waals surface area contributed by atoms with Crippen LogP contribution in [0.1, 0.15) is 40.7 Å². The second-order valence-corrected chi connectivity index (χ2v) is 4.31. The van der Waals surface area contributed by atoms with E-state index < -0.39 is 5.97 Å². The highest BCUT2D eigenvalue weighted by Gasteiger charge is 2.13. The number of oxazole rings is 1. The van der Waals surface area contributed by atoms with Crippen molar-refractivity contribution in [2.45, 2.75) is 26.8 Å². The van der Waals surface area contributed by atoms with Gasteiger partial charge in [0.15, 0.2) is 0 Å². The molecule has 0 saturated carbocycles. The smallest absolute Gasteiger partial charge is 0.337 e. The van der Waals surface area contributed by atoms with E-state index in [4.69, 9.17) is 9.52 Å². The Morgan fingerprint density at radius 2 is 2.16 bits per heavy atom. The molecule has 0 saturated heterocycles. The number of carboxylic acids is 1. The van der Waals surface area contributed by atoms with E-state index in [2.05, 4.69) is 15.3 Å². The zero-order valence-electron chi connectivity index (χ0n) is 11.0. The molecule has 0 spiro atoms. The Kier molecular flexibility index (Phi) is 3.50. The summed E-state index contributed by atoms with van der Waals surface area (Å²) < 4.78 is 5.41. The quantitative estimate of drug-likeness (QED) is 0.879. The van der Waals surface area contributed by atoms with E-state index in [1.165, 1.54) is 6.07 Å². The van der Waals surface area contributed by atoms with Crippen LogP contribution in [0.2, 0.25) is 0 Å². The Morgan fingerprint density at radius 3 is 2.68 bits per heavy atom. The number of carbonyl (C=O) groups is 1. The number of rotatable bonds is 4. The number of carboxylic acid groups (broad SMARTS) is 1. The first-order chi connectivity index (χ1) is 8.97. The van der Waals surface area contributed by atoms with Crippen molar-refractivity contribution in [1.29, 1.82) is 0 Å². The first-order valence-corrected chi connectivity index (χ1v) is 5.87. The third-order valence-corrected chi connectivity index (χ3v) is 2.69. The number of aromatic nitrogens is 2. The van der Waals surface area contributed by atoms with Crippen molar-refractivity contribution in [1.82, 2.24) is 9.97 Å². The summed E-state index contributed by atoms with van der Waals surface area (Å²) in [4.78, 5) is 19.2. The van der Waals surface area contributed by atoms with E-state index >= 15 is 0 Å². The molecule has 0 aliphatic carbocycles. The second-order valence-electron chi connectivity index (χ2n) is 4.31. The number of hydrogen-bond acceptors (Lipinski definition) is 5. The van der Waals surface area contributed by atoms with Crippen LogP contribution in [0.5, 0.6) is 0 Å². The number of anilines is 1. The van der Waals surface area contributed by atoms with Gasteiger partial charge in [0, 0.05) is 0 Å². The highest BCUT2D eigenvalue weighted by molar-refractivity contribution is 5.89. The predicted molar refractivity (Wildman–Crippen MR) is 69.2 cm³/mol. The van der Waals surface area contributed by atoms with Crippen LogP contribution in [-0.2, 0) is 0 Å². The molecular formula is C13H15N3O3. The standard InChI is InChI=1S/C13H15N3O3/c1-7-6-14-12(19-7)9(3)16-11-5-4-10(13(17)18)8(2)15-11/h4-6,9H,1-3H3,(H,15,16)(H,17,18). The van der Waals surface area contributed by atoms with Gasteiger partial charge >= 0.3 is 5.97 Å². The minimum atomic E-state index is -0.979. The number of nitrogens with one attached hydrogen (secondary N) is 1. The van der Waals surface area contributed by atoms with Crippen molar-refractivity contribution in [2.24, 2.45) is 0 Å². The first kappa shape index (κ1) is 13.1. The lowest BCUT2D eigenvalue weighted by Crippen LogP contribution is -2.10. The van der Waals surface area contributed by atoms with Gasteiger partial charge in [0.05, 0.1) is 17.5 Å². The molecule has 2 aromatic rings. The zero-order chi connectivity index (χ0) is 14.0. The van der Waals surface area contributed by atoms with Gasteiger partial charge in [0.25, 0.3) is 0 Å².